The van der Waals surface area contributed by atoms with Crippen molar-refractivity contribution in [3.05, 3.63) is 95.6 Å². The summed E-state index contributed by atoms with van der Waals surface area (Å²) in [4.78, 5) is -0.214. The molecular formula is C25H22F5NO4S. The fourth-order valence-corrected chi connectivity index (χ4v) is 5.52. The van der Waals surface area contributed by atoms with Gasteiger partial charge >= 0.3 is 6.36 Å². The molecule has 1 fully saturated rings. The summed E-state index contributed by atoms with van der Waals surface area (Å²) in [7, 11) is -4.05. The third-order valence-corrected chi connectivity index (χ3v) is 7.37. The average Bonchev–Trinajstić information content (AvgIpc) is 2.81. The lowest BCUT2D eigenvalue weighted by atomic mass is 9.82. The second-order valence-corrected chi connectivity index (χ2v) is 10.1. The quantitative estimate of drug-likeness (QED) is 0.411. The number of sulfonamides is 1. The summed E-state index contributed by atoms with van der Waals surface area (Å²) in [5, 5.41) is 0. The molecule has 36 heavy (non-hydrogen) atoms. The van der Waals surface area contributed by atoms with E-state index in [4.69, 9.17) is 4.74 Å². The standard InChI is InChI=1S/C25H22F5NO4S/c26-18-5-1-16(2-6-18)24(17-3-7-19(27)8-4-17)23-15-20(13-14-34-23)31-36(32,33)22-11-9-21(10-12-22)35-25(28,29)30/h1-12,20,23-24,31H,13-15H2/t20-,23+/m0/s1. The van der Waals surface area contributed by atoms with Crippen LogP contribution < -0.4 is 9.46 Å². The number of alkyl halides is 3. The molecule has 11 heteroatoms. The third-order valence-electron chi connectivity index (χ3n) is 5.83. The maximum Gasteiger partial charge on any atom is 0.573 e. The van der Waals surface area contributed by atoms with Crippen molar-refractivity contribution in [2.75, 3.05) is 6.61 Å². The van der Waals surface area contributed by atoms with Gasteiger partial charge in [0.25, 0.3) is 0 Å². The number of rotatable bonds is 7. The molecule has 192 valence electrons. The topological polar surface area (TPSA) is 64.6 Å². The molecule has 0 saturated carbocycles. The Labute approximate surface area is 204 Å². The van der Waals surface area contributed by atoms with Gasteiger partial charge < -0.3 is 9.47 Å². The molecule has 0 aliphatic carbocycles. The molecule has 0 aromatic heterocycles. The third kappa shape index (κ3) is 6.59. The minimum atomic E-state index is -4.89. The second-order valence-electron chi connectivity index (χ2n) is 8.35. The Kier molecular flexibility index (Phi) is 7.62. The van der Waals surface area contributed by atoms with E-state index in [9.17, 15) is 30.4 Å². The molecule has 2 atom stereocenters. The second kappa shape index (κ2) is 10.5. The Morgan fingerprint density at radius 2 is 1.39 bits per heavy atom. The van der Waals surface area contributed by atoms with Gasteiger partial charge in [-0.1, -0.05) is 24.3 Å². The molecule has 1 saturated heterocycles. The van der Waals surface area contributed by atoms with Gasteiger partial charge in [0.1, 0.15) is 17.4 Å². The van der Waals surface area contributed by atoms with E-state index in [1.54, 1.807) is 24.3 Å². The van der Waals surface area contributed by atoms with E-state index in [0.29, 0.717) is 6.42 Å². The average molecular weight is 528 g/mol. The molecule has 1 aliphatic heterocycles. The van der Waals surface area contributed by atoms with Gasteiger partial charge in [-0.25, -0.2) is 21.9 Å². The molecule has 0 radical (unpaired) electrons. The Morgan fingerprint density at radius 3 is 1.89 bits per heavy atom. The number of hydrogen-bond acceptors (Lipinski definition) is 4. The lowest BCUT2D eigenvalue weighted by Crippen LogP contribution is -2.43. The van der Waals surface area contributed by atoms with Crippen molar-refractivity contribution in [3.63, 3.8) is 0 Å². The summed E-state index contributed by atoms with van der Waals surface area (Å²) in [5.74, 6) is -1.79. The van der Waals surface area contributed by atoms with Crippen LogP contribution in [0.5, 0.6) is 5.75 Å². The van der Waals surface area contributed by atoms with Crippen LogP contribution in [-0.2, 0) is 14.8 Å². The molecule has 1 heterocycles. The van der Waals surface area contributed by atoms with Gasteiger partial charge in [0.2, 0.25) is 10.0 Å². The predicted molar refractivity (Wildman–Crippen MR) is 121 cm³/mol. The first-order valence-electron chi connectivity index (χ1n) is 11.0. The van der Waals surface area contributed by atoms with E-state index < -0.39 is 51.8 Å². The highest BCUT2D eigenvalue weighted by atomic mass is 32.2. The van der Waals surface area contributed by atoms with Crippen molar-refractivity contribution >= 4 is 10.0 Å². The summed E-state index contributed by atoms with van der Waals surface area (Å²) in [5.41, 5.74) is 1.44. The molecule has 3 aromatic rings. The fourth-order valence-electron chi connectivity index (χ4n) is 4.24. The van der Waals surface area contributed by atoms with Crippen molar-refractivity contribution < 1.29 is 39.8 Å². The Morgan fingerprint density at radius 1 is 0.861 bits per heavy atom. The molecule has 4 rings (SSSR count). The Balaban J connectivity index is 1.53. The Hall–Kier alpha value is -3.02. The minimum absolute atomic E-state index is 0.214. The minimum Gasteiger partial charge on any atom is -0.406 e. The zero-order valence-electron chi connectivity index (χ0n) is 18.7. The van der Waals surface area contributed by atoms with E-state index in [0.717, 1.165) is 35.4 Å². The predicted octanol–water partition coefficient (Wildman–Crippen LogP) is 5.52. The first-order chi connectivity index (χ1) is 17.0. The number of hydrogen-bond donors (Lipinski definition) is 1. The SMILES string of the molecule is O=S(=O)(N[C@H]1CCO[C@@H](C(c2ccc(F)cc2)c2ccc(F)cc2)C1)c1ccc(OC(F)(F)F)cc1. The van der Waals surface area contributed by atoms with E-state index in [1.165, 1.54) is 24.3 Å². The summed E-state index contributed by atoms with van der Waals surface area (Å²) >= 11 is 0. The number of nitrogens with one attached hydrogen (secondary N) is 1. The molecule has 1 aliphatic rings. The van der Waals surface area contributed by atoms with Crippen LogP contribution in [0.15, 0.2) is 77.7 Å². The maximum absolute atomic E-state index is 13.5. The van der Waals surface area contributed by atoms with Crippen LogP contribution in [0.4, 0.5) is 22.0 Å². The highest BCUT2D eigenvalue weighted by molar-refractivity contribution is 7.89. The van der Waals surface area contributed by atoms with Gasteiger partial charge in [0, 0.05) is 18.6 Å². The van der Waals surface area contributed by atoms with Crippen LogP contribution in [-0.4, -0.2) is 33.5 Å². The number of benzene rings is 3. The normalized spacial score (nSPS) is 18.8. The monoisotopic (exact) mass is 527 g/mol. The van der Waals surface area contributed by atoms with Crippen molar-refractivity contribution in [1.82, 2.24) is 4.72 Å². The summed E-state index contributed by atoms with van der Waals surface area (Å²) < 4.78 is 102. The molecular weight excluding hydrogens is 505 g/mol. The van der Waals surface area contributed by atoms with Crippen LogP contribution in [0.3, 0.4) is 0 Å². The lowest BCUT2D eigenvalue weighted by molar-refractivity contribution is -0.274. The molecule has 0 amide bonds. The zero-order valence-corrected chi connectivity index (χ0v) is 19.5. The number of halogens is 5. The highest BCUT2D eigenvalue weighted by Gasteiger charge is 2.34. The molecule has 0 spiro atoms. The van der Waals surface area contributed by atoms with Crippen molar-refractivity contribution in [2.45, 2.75) is 42.2 Å². The maximum atomic E-state index is 13.5. The molecule has 1 N–H and O–H groups in total. The summed E-state index contributed by atoms with van der Waals surface area (Å²) in [6.45, 7) is 0.231. The summed E-state index contributed by atoms with van der Waals surface area (Å²) in [6, 6.07) is 15.0. The van der Waals surface area contributed by atoms with E-state index in [1.807, 2.05) is 0 Å². The molecule has 3 aromatic carbocycles. The first kappa shape index (κ1) is 26.1. The molecule has 0 bridgehead atoms. The van der Waals surface area contributed by atoms with E-state index in [2.05, 4.69) is 9.46 Å². The van der Waals surface area contributed by atoms with Crippen LogP contribution in [0.2, 0.25) is 0 Å². The van der Waals surface area contributed by atoms with Crippen LogP contribution in [0, 0.1) is 11.6 Å². The van der Waals surface area contributed by atoms with Gasteiger partial charge in [-0.05, 0) is 72.5 Å². The van der Waals surface area contributed by atoms with Crippen LogP contribution in [0.25, 0.3) is 0 Å². The Bertz CT molecular complexity index is 1220. The highest BCUT2D eigenvalue weighted by Crippen LogP contribution is 2.35. The van der Waals surface area contributed by atoms with E-state index >= 15 is 0 Å². The van der Waals surface area contributed by atoms with Crippen LogP contribution >= 0.6 is 0 Å². The van der Waals surface area contributed by atoms with Crippen LogP contribution in [0.1, 0.15) is 29.9 Å². The van der Waals surface area contributed by atoms with Gasteiger partial charge in [-0.2, -0.15) is 0 Å². The molecule has 0 unspecified atom stereocenters. The first-order valence-corrected chi connectivity index (χ1v) is 12.5. The smallest absolute Gasteiger partial charge is 0.406 e. The molecule has 5 nitrogen and oxygen atoms in total. The van der Waals surface area contributed by atoms with Crippen molar-refractivity contribution in [2.24, 2.45) is 0 Å². The van der Waals surface area contributed by atoms with Gasteiger partial charge in [0.15, 0.2) is 0 Å². The van der Waals surface area contributed by atoms with Gasteiger partial charge in [-0.15, -0.1) is 13.2 Å². The van der Waals surface area contributed by atoms with Gasteiger partial charge in [0.05, 0.1) is 11.0 Å². The zero-order chi connectivity index (χ0) is 25.9. The summed E-state index contributed by atoms with van der Waals surface area (Å²) in [6.07, 6.45) is -4.77. The van der Waals surface area contributed by atoms with Crippen molar-refractivity contribution in [3.8, 4) is 5.75 Å². The lowest BCUT2D eigenvalue weighted by Gasteiger charge is -2.35. The largest absolute Gasteiger partial charge is 0.573 e. The van der Waals surface area contributed by atoms with Gasteiger partial charge in [-0.3, -0.25) is 0 Å². The van der Waals surface area contributed by atoms with Crippen molar-refractivity contribution in [1.29, 1.82) is 0 Å². The fraction of sp³-hybridized carbons (Fsp3) is 0.280. The number of ether oxygens (including phenoxy) is 2. The van der Waals surface area contributed by atoms with E-state index in [-0.39, 0.29) is 17.9 Å².